The molecule has 1 aliphatic carbocycles. The normalized spacial score (nSPS) is 20.5. The molecule has 0 bridgehead atoms. The van der Waals surface area contributed by atoms with E-state index in [1.54, 1.807) is 0 Å². The molecule has 2 heteroatoms. The van der Waals surface area contributed by atoms with E-state index < -0.39 is 0 Å². The molecular formula is C10H21NO. The summed E-state index contributed by atoms with van der Waals surface area (Å²) in [6, 6.07) is 0. The minimum atomic E-state index is 0.334. The second kappa shape index (κ2) is 4.83. The van der Waals surface area contributed by atoms with E-state index in [0.717, 1.165) is 19.4 Å². The first-order chi connectivity index (χ1) is 5.83. The zero-order valence-electron chi connectivity index (χ0n) is 8.10. The van der Waals surface area contributed by atoms with Gasteiger partial charge in [0.05, 0.1) is 0 Å². The Morgan fingerprint density at radius 2 is 2.08 bits per heavy atom. The Bertz CT molecular complexity index is 115. The third-order valence-corrected chi connectivity index (χ3v) is 3.07. The highest BCUT2D eigenvalue weighted by molar-refractivity contribution is 4.94. The molecule has 0 amide bonds. The molecule has 0 radical (unpaired) electrons. The van der Waals surface area contributed by atoms with Crippen LogP contribution in [0.4, 0.5) is 0 Å². The summed E-state index contributed by atoms with van der Waals surface area (Å²) in [7, 11) is 0. The molecule has 1 fully saturated rings. The molecule has 2 nitrogen and oxygen atoms in total. The number of aliphatic hydroxyl groups is 1. The van der Waals surface area contributed by atoms with E-state index in [2.05, 4.69) is 12.2 Å². The number of nitrogens with one attached hydrogen (secondary N) is 1. The van der Waals surface area contributed by atoms with Crippen LogP contribution in [0.5, 0.6) is 0 Å². The third-order valence-electron chi connectivity index (χ3n) is 3.07. The molecule has 72 valence electrons. The van der Waals surface area contributed by atoms with Crippen molar-refractivity contribution in [1.29, 1.82) is 0 Å². The lowest BCUT2D eigenvalue weighted by molar-refractivity contribution is 0.175. The Labute approximate surface area is 75.4 Å². The standard InChI is InChI=1S/C10H21NO/c1-2-10(6-5-7-10)11-8-3-4-9-12/h11-12H,2-9H2,1H3. The lowest BCUT2D eigenvalue weighted by Crippen LogP contribution is -2.50. The molecule has 1 saturated carbocycles. The van der Waals surface area contributed by atoms with Gasteiger partial charge in [0.15, 0.2) is 0 Å². The van der Waals surface area contributed by atoms with Crippen LogP contribution in [-0.2, 0) is 0 Å². The van der Waals surface area contributed by atoms with Gasteiger partial charge in [0.2, 0.25) is 0 Å². The first kappa shape index (κ1) is 10.0. The molecule has 0 saturated heterocycles. The summed E-state index contributed by atoms with van der Waals surface area (Å²) in [5, 5.41) is 12.2. The van der Waals surface area contributed by atoms with Gasteiger partial charge in [-0.3, -0.25) is 0 Å². The largest absolute Gasteiger partial charge is 0.396 e. The van der Waals surface area contributed by atoms with Crippen molar-refractivity contribution in [2.75, 3.05) is 13.2 Å². The van der Waals surface area contributed by atoms with Crippen LogP contribution in [0.25, 0.3) is 0 Å². The molecule has 1 aliphatic rings. The first-order valence-corrected chi connectivity index (χ1v) is 5.19. The molecule has 0 aliphatic heterocycles. The summed E-state index contributed by atoms with van der Waals surface area (Å²) >= 11 is 0. The topological polar surface area (TPSA) is 32.3 Å². The van der Waals surface area contributed by atoms with Crippen molar-refractivity contribution in [1.82, 2.24) is 5.32 Å². The Hall–Kier alpha value is -0.0800. The number of hydrogen-bond donors (Lipinski definition) is 2. The number of rotatable bonds is 6. The van der Waals surface area contributed by atoms with Crippen molar-refractivity contribution < 1.29 is 5.11 Å². The molecular weight excluding hydrogens is 150 g/mol. The molecule has 0 aromatic rings. The van der Waals surface area contributed by atoms with Crippen LogP contribution in [0.1, 0.15) is 45.4 Å². The fourth-order valence-corrected chi connectivity index (χ4v) is 1.85. The van der Waals surface area contributed by atoms with Gasteiger partial charge in [0.1, 0.15) is 0 Å². The highest BCUT2D eigenvalue weighted by atomic mass is 16.2. The van der Waals surface area contributed by atoms with Gasteiger partial charge in [-0.15, -0.1) is 0 Å². The van der Waals surface area contributed by atoms with Crippen LogP contribution in [0.15, 0.2) is 0 Å². The fraction of sp³-hybridized carbons (Fsp3) is 1.00. The zero-order valence-corrected chi connectivity index (χ0v) is 8.10. The van der Waals surface area contributed by atoms with Gasteiger partial charge >= 0.3 is 0 Å². The van der Waals surface area contributed by atoms with E-state index in [1.807, 2.05) is 0 Å². The highest BCUT2D eigenvalue weighted by Crippen LogP contribution is 2.34. The fourth-order valence-electron chi connectivity index (χ4n) is 1.85. The van der Waals surface area contributed by atoms with Crippen LogP contribution in [-0.4, -0.2) is 23.8 Å². The van der Waals surface area contributed by atoms with Gasteiger partial charge < -0.3 is 10.4 Å². The molecule has 0 unspecified atom stereocenters. The summed E-state index contributed by atoms with van der Waals surface area (Å²) in [5.41, 5.74) is 0.482. The van der Waals surface area contributed by atoms with E-state index in [0.29, 0.717) is 12.1 Å². The van der Waals surface area contributed by atoms with Crippen LogP contribution in [0, 0.1) is 0 Å². The van der Waals surface area contributed by atoms with Crippen molar-refractivity contribution in [3.63, 3.8) is 0 Å². The average Bonchev–Trinajstić information content (AvgIpc) is 2.02. The Kier molecular flexibility index (Phi) is 4.02. The number of aliphatic hydroxyl groups excluding tert-OH is 1. The zero-order chi connectivity index (χ0) is 8.86. The summed E-state index contributed by atoms with van der Waals surface area (Å²) in [6.45, 7) is 3.67. The summed E-state index contributed by atoms with van der Waals surface area (Å²) in [4.78, 5) is 0. The van der Waals surface area contributed by atoms with E-state index in [-0.39, 0.29) is 0 Å². The van der Waals surface area contributed by atoms with Crippen LogP contribution >= 0.6 is 0 Å². The maximum atomic E-state index is 8.60. The van der Waals surface area contributed by atoms with Crippen molar-refractivity contribution in [3.05, 3.63) is 0 Å². The van der Waals surface area contributed by atoms with Crippen molar-refractivity contribution in [3.8, 4) is 0 Å². The van der Waals surface area contributed by atoms with Gasteiger partial charge in [-0.25, -0.2) is 0 Å². The molecule has 0 aromatic heterocycles. The average molecular weight is 171 g/mol. The predicted molar refractivity (Wildman–Crippen MR) is 51.2 cm³/mol. The van der Waals surface area contributed by atoms with Gasteiger partial charge in [-0.05, 0) is 45.1 Å². The molecule has 1 rings (SSSR count). The Morgan fingerprint density at radius 1 is 1.33 bits per heavy atom. The molecule has 12 heavy (non-hydrogen) atoms. The van der Waals surface area contributed by atoms with Crippen molar-refractivity contribution >= 4 is 0 Å². The quantitative estimate of drug-likeness (QED) is 0.596. The van der Waals surface area contributed by atoms with Gasteiger partial charge in [-0.1, -0.05) is 6.92 Å². The van der Waals surface area contributed by atoms with Gasteiger partial charge in [0, 0.05) is 12.1 Å². The van der Waals surface area contributed by atoms with Crippen molar-refractivity contribution in [2.24, 2.45) is 0 Å². The van der Waals surface area contributed by atoms with E-state index in [9.17, 15) is 0 Å². The van der Waals surface area contributed by atoms with Crippen molar-refractivity contribution in [2.45, 2.75) is 51.0 Å². The number of hydrogen-bond acceptors (Lipinski definition) is 2. The maximum absolute atomic E-state index is 8.60. The summed E-state index contributed by atoms with van der Waals surface area (Å²) in [5.74, 6) is 0. The van der Waals surface area contributed by atoms with Gasteiger partial charge in [0.25, 0.3) is 0 Å². The lowest BCUT2D eigenvalue weighted by Gasteiger charge is -2.42. The molecule has 0 atom stereocenters. The monoisotopic (exact) mass is 171 g/mol. The SMILES string of the molecule is CCC1(NCCCCO)CCC1. The Morgan fingerprint density at radius 3 is 2.50 bits per heavy atom. The minimum absolute atomic E-state index is 0.334. The summed E-state index contributed by atoms with van der Waals surface area (Å²) < 4.78 is 0. The summed E-state index contributed by atoms with van der Waals surface area (Å²) in [6.07, 6.45) is 7.39. The highest BCUT2D eigenvalue weighted by Gasteiger charge is 2.33. The smallest absolute Gasteiger partial charge is 0.0431 e. The van der Waals surface area contributed by atoms with E-state index in [4.69, 9.17) is 5.11 Å². The molecule has 2 N–H and O–H groups in total. The Balaban J connectivity index is 2.04. The predicted octanol–water partition coefficient (Wildman–Crippen LogP) is 1.68. The second-order valence-corrected chi connectivity index (χ2v) is 3.84. The lowest BCUT2D eigenvalue weighted by atomic mass is 9.75. The number of unbranched alkanes of at least 4 members (excludes halogenated alkanes) is 1. The van der Waals surface area contributed by atoms with Crippen LogP contribution < -0.4 is 5.32 Å². The molecule has 0 spiro atoms. The second-order valence-electron chi connectivity index (χ2n) is 3.84. The molecule has 0 heterocycles. The van der Waals surface area contributed by atoms with E-state index >= 15 is 0 Å². The maximum Gasteiger partial charge on any atom is 0.0431 e. The minimum Gasteiger partial charge on any atom is -0.396 e. The van der Waals surface area contributed by atoms with Crippen LogP contribution in [0.2, 0.25) is 0 Å². The van der Waals surface area contributed by atoms with Gasteiger partial charge in [-0.2, -0.15) is 0 Å². The molecule has 0 aromatic carbocycles. The van der Waals surface area contributed by atoms with Crippen LogP contribution in [0.3, 0.4) is 0 Å². The first-order valence-electron chi connectivity index (χ1n) is 5.19. The van der Waals surface area contributed by atoms with E-state index in [1.165, 1.54) is 25.7 Å². The third kappa shape index (κ3) is 2.46.